The Kier molecular flexibility index (Phi) is 7.24. The van der Waals surface area contributed by atoms with E-state index < -0.39 is 10.0 Å². The Labute approximate surface area is 158 Å². The average Bonchev–Trinajstić information content (AvgIpc) is 2.59. The van der Waals surface area contributed by atoms with Crippen molar-refractivity contribution in [1.82, 2.24) is 9.62 Å². The molecule has 6 heteroatoms. The zero-order valence-electron chi connectivity index (χ0n) is 16.3. The normalized spacial score (nSPS) is 17.2. The number of benzene rings is 1. The predicted octanol–water partition coefficient (Wildman–Crippen LogP) is 3.03. The van der Waals surface area contributed by atoms with E-state index in [1.165, 1.54) is 4.31 Å². The van der Waals surface area contributed by atoms with Gasteiger partial charge in [0.05, 0.1) is 5.75 Å². The quantitative estimate of drug-likeness (QED) is 0.791. The van der Waals surface area contributed by atoms with E-state index >= 15 is 0 Å². The monoisotopic (exact) mass is 380 g/mol. The molecule has 1 aromatic rings. The molecule has 1 N–H and O–H groups in total. The van der Waals surface area contributed by atoms with Gasteiger partial charge in [-0.15, -0.1) is 0 Å². The minimum atomic E-state index is -3.33. The van der Waals surface area contributed by atoms with Crippen LogP contribution < -0.4 is 5.32 Å². The molecule has 1 aliphatic rings. The molecule has 0 bridgehead atoms. The second-order valence-corrected chi connectivity index (χ2v) is 9.91. The first kappa shape index (κ1) is 20.9. The molecule has 0 spiro atoms. The summed E-state index contributed by atoms with van der Waals surface area (Å²) in [7, 11) is -3.33. The first-order valence-electron chi connectivity index (χ1n) is 9.53. The van der Waals surface area contributed by atoms with Gasteiger partial charge in [-0.25, -0.2) is 12.7 Å². The predicted molar refractivity (Wildman–Crippen MR) is 105 cm³/mol. The number of nitrogens with one attached hydrogen (secondary N) is 1. The van der Waals surface area contributed by atoms with Crippen LogP contribution in [0.25, 0.3) is 0 Å². The zero-order valence-corrected chi connectivity index (χ0v) is 17.1. The number of rotatable bonds is 7. The van der Waals surface area contributed by atoms with Crippen LogP contribution >= 0.6 is 0 Å². The minimum Gasteiger partial charge on any atom is -0.353 e. The van der Waals surface area contributed by atoms with E-state index in [4.69, 9.17) is 0 Å². The fourth-order valence-corrected chi connectivity index (χ4v) is 5.22. The largest absolute Gasteiger partial charge is 0.353 e. The Hall–Kier alpha value is -1.40. The molecule has 26 heavy (non-hydrogen) atoms. The molecule has 0 atom stereocenters. The molecule has 0 radical (unpaired) electrons. The number of carbonyl (C=O) groups excluding carboxylic acids is 1. The summed E-state index contributed by atoms with van der Waals surface area (Å²) in [6.07, 6.45) is 1.17. The van der Waals surface area contributed by atoms with E-state index in [0.717, 1.165) is 5.56 Å². The van der Waals surface area contributed by atoms with Crippen LogP contribution in [0.15, 0.2) is 30.3 Å². The molecule has 1 aliphatic heterocycles. The van der Waals surface area contributed by atoms with Crippen molar-refractivity contribution < 1.29 is 13.2 Å². The van der Waals surface area contributed by atoms with Crippen molar-refractivity contribution in [2.75, 3.05) is 13.1 Å². The van der Waals surface area contributed by atoms with Crippen LogP contribution in [0.5, 0.6) is 0 Å². The van der Waals surface area contributed by atoms with Crippen molar-refractivity contribution in [2.24, 2.45) is 17.8 Å². The molecule has 5 nitrogen and oxygen atoms in total. The molecule has 0 aromatic heterocycles. The number of hydrogen-bond donors (Lipinski definition) is 1. The lowest BCUT2D eigenvalue weighted by Gasteiger charge is -2.33. The van der Waals surface area contributed by atoms with Gasteiger partial charge in [0.1, 0.15) is 0 Å². The van der Waals surface area contributed by atoms with Crippen molar-refractivity contribution in [3.05, 3.63) is 35.9 Å². The molecule has 1 amide bonds. The van der Waals surface area contributed by atoms with Gasteiger partial charge in [0.25, 0.3) is 0 Å². The van der Waals surface area contributed by atoms with Crippen molar-refractivity contribution in [3.8, 4) is 0 Å². The highest BCUT2D eigenvalue weighted by molar-refractivity contribution is 7.88. The highest BCUT2D eigenvalue weighted by Gasteiger charge is 2.32. The molecule has 0 saturated carbocycles. The van der Waals surface area contributed by atoms with E-state index in [9.17, 15) is 13.2 Å². The third-order valence-electron chi connectivity index (χ3n) is 5.16. The first-order chi connectivity index (χ1) is 12.2. The standard InChI is InChI=1S/C20H32N2O3S/c1-15(2)19(16(3)4)21-20(23)18-10-12-22(13-11-18)26(24,25)14-17-8-6-5-7-9-17/h5-9,15-16,18-19H,10-14H2,1-4H3,(H,21,23). The Morgan fingerprint density at radius 1 is 1.08 bits per heavy atom. The summed E-state index contributed by atoms with van der Waals surface area (Å²) in [5.74, 6) is 0.749. The van der Waals surface area contributed by atoms with E-state index in [1.807, 2.05) is 30.3 Å². The van der Waals surface area contributed by atoms with Crippen LogP contribution in [-0.4, -0.2) is 37.8 Å². The second-order valence-electron chi connectivity index (χ2n) is 7.94. The number of hydrogen-bond acceptors (Lipinski definition) is 3. The van der Waals surface area contributed by atoms with Crippen molar-refractivity contribution in [3.63, 3.8) is 0 Å². The highest BCUT2D eigenvalue weighted by Crippen LogP contribution is 2.23. The van der Waals surface area contributed by atoms with Crippen molar-refractivity contribution in [2.45, 2.75) is 52.3 Å². The van der Waals surface area contributed by atoms with E-state index in [0.29, 0.717) is 37.8 Å². The summed E-state index contributed by atoms with van der Waals surface area (Å²) >= 11 is 0. The van der Waals surface area contributed by atoms with Crippen LogP contribution in [-0.2, 0) is 20.6 Å². The van der Waals surface area contributed by atoms with Gasteiger partial charge in [0, 0.05) is 25.0 Å². The van der Waals surface area contributed by atoms with Gasteiger partial charge >= 0.3 is 0 Å². The van der Waals surface area contributed by atoms with Crippen LogP contribution in [0.3, 0.4) is 0 Å². The Balaban J connectivity index is 1.91. The summed E-state index contributed by atoms with van der Waals surface area (Å²) in [4.78, 5) is 12.6. The van der Waals surface area contributed by atoms with Crippen LogP contribution in [0.1, 0.15) is 46.1 Å². The number of carbonyl (C=O) groups is 1. The Morgan fingerprint density at radius 3 is 2.12 bits per heavy atom. The van der Waals surface area contributed by atoms with Gasteiger partial charge in [-0.2, -0.15) is 0 Å². The Bertz CT molecular complexity index is 670. The third-order valence-corrected chi connectivity index (χ3v) is 7.01. The molecule has 1 fully saturated rings. The van der Waals surface area contributed by atoms with Crippen LogP contribution in [0, 0.1) is 17.8 Å². The Morgan fingerprint density at radius 2 is 1.62 bits per heavy atom. The van der Waals surface area contributed by atoms with E-state index in [1.54, 1.807) is 0 Å². The second kappa shape index (κ2) is 9.00. The fraction of sp³-hybridized carbons (Fsp3) is 0.650. The lowest BCUT2D eigenvalue weighted by Crippen LogP contribution is -2.48. The van der Waals surface area contributed by atoms with Crippen LogP contribution in [0.4, 0.5) is 0 Å². The highest BCUT2D eigenvalue weighted by atomic mass is 32.2. The molecule has 146 valence electrons. The van der Waals surface area contributed by atoms with Gasteiger partial charge in [0.2, 0.25) is 15.9 Å². The molecule has 0 aliphatic carbocycles. The van der Waals surface area contributed by atoms with Gasteiger partial charge in [-0.05, 0) is 30.2 Å². The summed E-state index contributed by atoms with van der Waals surface area (Å²) in [6.45, 7) is 9.30. The number of nitrogens with zero attached hydrogens (tertiary/aromatic N) is 1. The van der Waals surface area contributed by atoms with E-state index in [2.05, 4.69) is 33.0 Å². The molecule has 1 saturated heterocycles. The van der Waals surface area contributed by atoms with Gasteiger partial charge < -0.3 is 5.32 Å². The number of amides is 1. The van der Waals surface area contributed by atoms with Crippen molar-refractivity contribution >= 4 is 15.9 Å². The SMILES string of the molecule is CC(C)C(NC(=O)C1CCN(S(=O)(=O)Cc2ccccc2)CC1)C(C)C. The van der Waals surface area contributed by atoms with Gasteiger partial charge in [0.15, 0.2) is 0 Å². The molecular formula is C20H32N2O3S. The molecule has 1 aromatic carbocycles. The molecular weight excluding hydrogens is 348 g/mol. The third kappa shape index (κ3) is 5.55. The molecule has 2 rings (SSSR count). The van der Waals surface area contributed by atoms with E-state index in [-0.39, 0.29) is 23.6 Å². The fourth-order valence-electron chi connectivity index (χ4n) is 3.66. The lowest BCUT2D eigenvalue weighted by atomic mass is 9.91. The lowest BCUT2D eigenvalue weighted by molar-refractivity contribution is -0.127. The summed E-state index contributed by atoms with van der Waals surface area (Å²) in [5, 5.41) is 3.17. The van der Waals surface area contributed by atoms with Crippen molar-refractivity contribution in [1.29, 1.82) is 0 Å². The summed E-state index contributed by atoms with van der Waals surface area (Å²) in [6, 6.07) is 9.39. The smallest absolute Gasteiger partial charge is 0.223 e. The maximum atomic E-state index is 12.6. The number of piperidine rings is 1. The average molecular weight is 381 g/mol. The van der Waals surface area contributed by atoms with Crippen LogP contribution in [0.2, 0.25) is 0 Å². The minimum absolute atomic E-state index is 0.0213. The van der Waals surface area contributed by atoms with Gasteiger partial charge in [-0.3, -0.25) is 4.79 Å². The summed E-state index contributed by atoms with van der Waals surface area (Å²) in [5.41, 5.74) is 0.795. The number of sulfonamides is 1. The maximum absolute atomic E-state index is 12.6. The maximum Gasteiger partial charge on any atom is 0.223 e. The molecule has 1 heterocycles. The van der Waals surface area contributed by atoms with Gasteiger partial charge in [-0.1, -0.05) is 58.0 Å². The zero-order chi connectivity index (χ0) is 19.3. The molecule has 0 unspecified atom stereocenters. The first-order valence-corrected chi connectivity index (χ1v) is 11.1. The summed E-state index contributed by atoms with van der Waals surface area (Å²) < 4.78 is 26.8. The topological polar surface area (TPSA) is 66.5 Å².